The van der Waals surface area contributed by atoms with Crippen molar-refractivity contribution in [1.82, 2.24) is 19.2 Å². The van der Waals surface area contributed by atoms with Crippen LogP contribution in [-0.2, 0) is 36.6 Å². The molecule has 5 rings (SSSR count). The minimum atomic E-state index is -3.72. The summed E-state index contributed by atoms with van der Waals surface area (Å²) in [6, 6.07) is 21.9. The van der Waals surface area contributed by atoms with Crippen LogP contribution in [0.15, 0.2) is 77.7 Å². The van der Waals surface area contributed by atoms with E-state index in [9.17, 15) is 13.2 Å². The van der Waals surface area contributed by atoms with Crippen LogP contribution in [0.2, 0.25) is 0 Å². The first-order valence-electron chi connectivity index (χ1n) is 10.8. The summed E-state index contributed by atoms with van der Waals surface area (Å²) in [4.78, 5) is 17.5. The van der Waals surface area contributed by atoms with Gasteiger partial charge in [0.1, 0.15) is 5.82 Å². The Kier molecular flexibility index (Phi) is 5.47. The van der Waals surface area contributed by atoms with E-state index in [1.54, 1.807) is 12.1 Å². The molecule has 0 radical (unpaired) electrons. The summed E-state index contributed by atoms with van der Waals surface area (Å²) in [6.07, 6.45) is 0.674. The van der Waals surface area contributed by atoms with E-state index in [2.05, 4.69) is 10.3 Å². The van der Waals surface area contributed by atoms with Crippen LogP contribution in [0, 0.1) is 0 Å². The smallest absolute Gasteiger partial charge is 0.251 e. The van der Waals surface area contributed by atoms with Gasteiger partial charge in [0.15, 0.2) is 0 Å². The van der Waals surface area contributed by atoms with Gasteiger partial charge in [-0.05, 0) is 47.9 Å². The quantitative estimate of drug-likeness (QED) is 0.496. The number of benzene rings is 3. The Hall–Kier alpha value is -3.49. The van der Waals surface area contributed by atoms with Crippen LogP contribution in [0.3, 0.4) is 0 Å². The molecule has 168 valence electrons. The van der Waals surface area contributed by atoms with E-state index in [-0.39, 0.29) is 17.3 Å². The van der Waals surface area contributed by atoms with Crippen LogP contribution in [0.4, 0.5) is 0 Å². The van der Waals surface area contributed by atoms with Gasteiger partial charge in [-0.25, -0.2) is 13.4 Å². The molecule has 1 aliphatic rings. The second-order valence-electron chi connectivity index (χ2n) is 8.14. The maximum atomic E-state index is 13.3. The first-order valence-corrected chi connectivity index (χ1v) is 12.2. The van der Waals surface area contributed by atoms with Crippen molar-refractivity contribution in [2.75, 3.05) is 6.54 Å². The van der Waals surface area contributed by atoms with Gasteiger partial charge in [-0.1, -0.05) is 42.5 Å². The van der Waals surface area contributed by atoms with Crippen molar-refractivity contribution in [1.29, 1.82) is 0 Å². The Bertz CT molecular complexity index is 1460. The number of carbonyl (C=O) groups is 1. The van der Waals surface area contributed by atoms with Gasteiger partial charge in [-0.15, -0.1) is 0 Å². The highest BCUT2D eigenvalue weighted by Gasteiger charge is 2.28. The number of hydrogen-bond donors (Lipinski definition) is 1. The molecule has 3 aromatic carbocycles. The predicted octanol–water partition coefficient (Wildman–Crippen LogP) is 3.25. The number of amides is 1. The number of imidazole rings is 1. The Labute approximate surface area is 192 Å². The molecule has 4 aromatic rings. The van der Waals surface area contributed by atoms with E-state index in [1.807, 2.05) is 60.1 Å². The molecule has 0 unspecified atom stereocenters. The summed E-state index contributed by atoms with van der Waals surface area (Å²) < 4.78 is 30.0. The molecule has 2 heterocycles. The number of para-hydroxylation sites is 2. The molecule has 33 heavy (non-hydrogen) atoms. The summed E-state index contributed by atoms with van der Waals surface area (Å²) in [5.41, 5.74) is 4.34. The Balaban J connectivity index is 1.33. The van der Waals surface area contributed by atoms with Crippen molar-refractivity contribution in [3.8, 4) is 0 Å². The molecule has 1 aliphatic heterocycles. The molecular formula is C25H24N4O3S. The third kappa shape index (κ3) is 4.03. The van der Waals surface area contributed by atoms with E-state index in [0.717, 1.165) is 22.4 Å². The second-order valence-corrected chi connectivity index (χ2v) is 10.1. The molecule has 0 aliphatic carbocycles. The Morgan fingerprint density at radius 1 is 1.00 bits per heavy atom. The first-order chi connectivity index (χ1) is 15.9. The first kappa shape index (κ1) is 21.4. The summed E-state index contributed by atoms with van der Waals surface area (Å²) in [6.45, 7) is 0.994. The monoisotopic (exact) mass is 460 g/mol. The van der Waals surface area contributed by atoms with Gasteiger partial charge in [0.25, 0.3) is 5.91 Å². The molecule has 8 heteroatoms. The summed E-state index contributed by atoms with van der Waals surface area (Å²) in [5.74, 6) is 0.378. The van der Waals surface area contributed by atoms with Crippen molar-refractivity contribution in [3.05, 3.63) is 95.3 Å². The van der Waals surface area contributed by atoms with E-state index < -0.39 is 10.0 Å². The number of nitrogens with zero attached hydrogens (tertiary/aromatic N) is 3. The van der Waals surface area contributed by atoms with Crippen LogP contribution in [0.25, 0.3) is 11.0 Å². The number of aromatic nitrogens is 2. The molecule has 0 saturated heterocycles. The summed E-state index contributed by atoms with van der Waals surface area (Å²) in [7, 11) is -1.81. The maximum Gasteiger partial charge on any atom is 0.251 e. The maximum absolute atomic E-state index is 13.3. The third-order valence-electron chi connectivity index (χ3n) is 6.12. The van der Waals surface area contributed by atoms with Crippen molar-refractivity contribution < 1.29 is 13.2 Å². The van der Waals surface area contributed by atoms with Crippen LogP contribution in [-0.4, -0.2) is 34.7 Å². The molecule has 1 aromatic heterocycles. The minimum absolute atomic E-state index is 0.122. The Morgan fingerprint density at radius 3 is 2.58 bits per heavy atom. The SMILES string of the molecule is Cn1c(CNC(=O)c2cccc(S(=O)(=O)N3CCc4ccccc4C3)c2)nc2ccccc21. The van der Waals surface area contributed by atoms with E-state index in [4.69, 9.17) is 0 Å². The highest BCUT2D eigenvalue weighted by atomic mass is 32.2. The van der Waals surface area contributed by atoms with Gasteiger partial charge >= 0.3 is 0 Å². The number of fused-ring (bicyclic) bond motifs is 2. The lowest BCUT2D eigenvalue weighted by atomic mass is 10.0. The van der Waals surface area contributed by atoms with Crippen molar-refractivity contribution in [3.63, 3.8) is 0 Å². The van der Waals surface area contributed by atoms with Gasteiger partial charge in [0.05, 0.1) is 22.5 Å². The number of sulfonamides is 1. The van der Waals surface area contributed by atoms with E-state index in [0.29, 0.717) is 25.1 Å². The zero-order valence-corrected chi connectivity index (χ0v) is 19.0. The molecule has 0 bridgehead atoms. The van der Waals surface area contributed by atoms with Gasteiger partial charge < -0.3 is 9.88 Å². The fraction of sp³-hybridized carbons (Fsp3) is 0.200. The van der Waals surface area contributed by atoms with Crippen molar-refractivity contribution in [2.45, 2.75) is 24.4 Å². The predicted molar refractivity (Wildman–Crippen MR) is 126 cm³/mol. The lowest BCUT2D eigenvalue weighted by Gasteiger charge is -2.28. The molecule has 1 amide bonds. The molecule has 7 nitrogen and oxygen atoms in total. The largest absolute Gasteiger partial charge is 0.345 e. The standard InChI is InChI=1S/C25H24N4O3S/c1-28-23-12-5-4-11-22(23)27-24(28)16-26-25(30)19-9-6-10-21(15-19)33(31,32)29-14-13-18-7-2-3-8-20(18)17-29/h2-12,15H,13-14,16-17H2,1H3,(H,26,30). The fourth-order valence-corrected chi connectivity index (χ4v) is 5.70. The number of rotatable bonds is 5. The fourth-order valence-electron chi connectivity index (χ4n) is 4.24. The van der Waals surface area contributed by atoms with Crippen molar-refractivity contribution in [2.24, 2.45) is 7.05 Å². The second kappa shape index (κ2) is 8.46. The van der Waals surface area contributed by atoms with E-state index in [1.165, 1.54) is 22.0 Å². The van der Waals surface area contributed by atoms with Crippen LogP contribution in [0.1, 0.15) is 27.3 Å². The van der Waals surface area contributed by atoms with Gasteiger partial charge in [-0.3, -0.25) is 4.79 Å². The number of aryl methyl sites for hydroxylation is 1. The molecule has 1 N–H and O–H groups in total. The molecular weight excluding hydrogens is 436 g/mol. The number of hydrogen-bond acceptors (Lipinski definition) is 4. The average molecular weight is 461 g/mol. The molecule has 0 atom stereocenters. The highest BCUT2D eigenvalue weighted by Crippen LogP contribution is 2.25. The third-order valence-corrected chi connectivity index (χ3v) is 7.96. The average Bonchev–Trinajstić information content (AvgIpc) is 3.17. The normalized spacial score (nSPS) is 14.2. The highest BCUT2D eigenvalue weighted by molar-refractivity contribution is 7.89. The molecule has 0 fully saturated rings. The van der Waals surface area contributed by atoms with Gasteiger partial charge in [0, 0.05) is 25.7 Å². The molecule has 0 saturated carbocycles. The van der Waals surface area contributed by atoms with E-state index >= 15 is 0 Å². The summed E-state index contributed by atoms with van der Waals surface area (Å²) in [5, 5.41) is 2.86. The van der Waals surface area contributed by atoms with Crippen LogP contribution < -0.4 is 5.32 Å². The zero-order chi connectivity index (χ0) is 23.0. The zero-order valence-electron chi connectivity index (χ0n) is 18.2. The van der Waals surface area contributed by atoms with Crippen LogP contribution >= 0.6 is 0 Å². The van der Waals surface area contributed by atoms with Gasteiger partial charge in [0.2, 0.25) is 10.0 Å². The topological polar surface area (TPSA) is 84.3 Å². The number of carbonyl (C=O) groups excluding carboxylic acids is 1. The minimum Gasteiger partial charge on any atom is -0.345 e. The van der Waals surface area contributed by atoms with Gasteiger partial charge in [-0.2, -0.15) is 4.31 Å². The summed E-state index contributed by atoms with van der Waals surface area (Å²) >= 11 is 0. The number of nitrogens with one attached hydrogen (secondary N) is 1. The lowest BCUT2D eigenvalue weighted by molar-refractivity contribution is 0.0949. The van der Waals surface area contributed by atoms with Crippen molar-refractivity contribution >= 4 is 27.0 Å². The lowest BCUT2D eigenvalue weighted by Crippen LogP contribution is -2.36. The molecule has 0 spiro atoms. The Morgan fingerprint density at radius 2 is 1.76 bits per heavy atom. The van der Waals surface area contributed by atoms with Crippen LogP contribution in [0.5, 0.6) is 0 Å².